The average molecular weight is 286 g/mol. The number of nitrogens with two attached hydrogens (primary N) is 1. The molecule has 1 atom stereocenters. The number of carbonyl (C=O) groups excluding carboxylic acids is 1. The minimum Gasteiger partial charge on any atom is -0.368 e. The Kier molecular flexibility index (Phi) is 4.43. The molecule has 1 aromatic carbocycles. The summed E-state index contributed by atoms with van der Waals surface area (Å²) >= 11 is 0. The Balaban J connectivity index is 2.50. The summed E-state index contributed by atoms with van der Waals surface area (Å²) in [6.07, 6.45) is 0. The molecule has 2 rings (SSSR count). The third-order valence-electron chi connectivity index (χ3n) is 3.66. The zero-order valence-corrected chi connectivity index (χ0v) is 12.8. The van der Waals surface area contributed by atoms with Crippen LogP contribution in [0, 0.1) is 13.8 Å². The van der Waals surface area contributed by atoms with Gasteiger partial charge in [0.1, 0.15) is 5.54 Å². The Bertz CT molecular complexity index is 620. The van der Waals surface area contributed by atoms with E-state index in [4.69, 9.17) is 5.73 Å². The fraction of sp³-hybridized carbons (Fsp3) is 0.375. The molecule has 21 heavy (non-hydrogen) atoms. The van der Waals surface area contributed by atoms with E-state index in [1.54, 1.807) is 0 Å². The number of primary amides is 1. The summed E-state index contributed by atoms with van der Waals surface area (Å²) in [6, 6.07) is 11.6. The number of nitrogens with zero attached hydrogens (tertiary/aromatic N) is 2. The van der Waals surface area contributed by atoms with Crippen LogP contribution in [0.1, 0.15) is 23.9 Å². The first-order valence-electron chi connectivity index (χ1n) is 7.11. The van der Waals surface area contributed by atoms with Crippen molar-refractivity contribution in [1.29, 1.82) is 0 Å². The van der Waals surface area contributed by atoms with Crippen LogP contribution >= 0.6 is 0 Å². The van der Waals surface area contributed by atoms with E-state index in [0.29, 0.717) is 13.1 Å². The van der Waals surface area contributed by atoms with Gasteiger partial charge in [-0.05, 0) is 32.0 Å². The molecule has 0 spiro atoms. The second-order valence-electron chi connectivity index (χ2n) is 5.25. The van der Waals surface area contributed by atoms with Crippen LogP contribution < -0.4 is 11.1 Å². The van der Waals surface area contributed by atoms with Crippen LogP contribution in [0.2, 0.25) is 0 Å². The van der Waals surface area contributed by atoms with Crippen molar-refractivity contribution in [3.05, 3.63) is 53.3 Å². The molecule has 0 radical (unpaired) electrons. The van der Waals surface area contributed by atoms with Gasteiger partial charge >= 0.3 is 0 Å². The lowest BCUT2D eigenvalue weighted by molar-refractivity contribution is -0.125. The summed E-state index contributed by atoms with van der Waals surface area (Å²) in [4.78, 5) is 12.3. The highest BCUT2D eigenvalue weighted by molar-refractivity contribution is 5.86. The Morgan fingerprint density at radius 3 is 2.48 bits per heavy atom. The topological polar surface area (TPSA) is 72.9 Å². The molecule has 5 nitrogen and oxygen atoms in total. The number of aryl methyl sites for hydroxylation is 2. The minimum atomic E-state index is -0.959. The Morgan fingerprint density at radius 1 is 1.33 bits per heavy atom. The van der Waals surface area contributed by atoms with Crippen molar-refractivity contribution in [2.45, 2.75) is 32.9 Å². The van der Waals surface area contributed by atoms with Crippen LogP contribution in [0.15, 0.2) is 36.4 Å². The molecule has 1 unspecified atom stereocenters. The van der Waals surface area contributed by atoms with E-state index in [-0.39, 0.29) is 0 Å². The lowest BCUT2D eigenvalue weighted by atomic mass is 9.88. The third kappa shape index (κ3) is 2.97. The van der Waals surface area contributed by atoms with Gasteiger partial charge in [-0.15, -0.1) is 0 Å². The molecule has 0 bridgehead atoms. The number of amides is 1. The first kappa shape index (κ1) is 15.3. The van der Waals surface area contributed by atoms with Crippen molar-refractivity contribution in [3.8, 4) is 0 Å². The molecule has 0 aliphatic heterocycles. The summed E-state index contributed by atoms with van der Waals surface area (Å²) in [7, 11) is 0. The number of benzene rings is 1. The lowest BCUT2D eigenvalue weighted by Gasteiger charge is -2.32. The Morgan fingerprint density at radius 2 is 2.00 bits per heavy atom. The maximum absolute atomic E-state index is 12.3. The second kappa shape index (κ2) is 6.10. The summed E-state index contributed by atoms with van der Waals surface area (Å²) in [5, 5.41) is 7.72. The highest BCUT2D eigenvalue weighted by atomic mass is 16.1. The monoisotopic (exact) mass is 286 g/mol. The summed E-state index contributed by atoms with van der Waals surface area (Å²) in [5.74, 6) is -0.400. The van der Waals surface area contributed by atoms with E-state index in [9.17, 15) is 4.79 Å². The molecule has 112 valence electrons. The Labute approximate surface area is 125 Å². The zero-order chi connectivity index (χ0) is 15.5. The third-order valence-corrected chi connectivity index (χ3v) is 3.66. The van der Waals surface area contributed by atoms with Crippen molar-refractivity contribution >= 4 is 5.91 Å². The number of carbonyl (C=O) groups is 1. The molecule has 1 amide bonds. The molecule has 0 saturated carbocycles. The van der Waals surface area contributed by atoms with Crippen LogP contribution in [-0.4, -0.2) is 22.2 Å². The predicted molar refractivity (Wildman–Crippen MR) is 82.7 cm³/mol. The van der Waals surface area contributed by atoms with Crippen LogP contribution in [0.25, 0.3) is 0 Å². The summed E-state index contributed by atoms with van der Waals surface area (Å²) < 4.78 is 1.83. The minimum absolute atomic E-state index is 0.375. The first-order chi connectivity index (χ1) is 9.99. The van der Waals surface area contributed by atoms with Gasteiger partial charge in [0.05, 0.1) is 12.2 Å². The normalized spacial score (nSPS) is 13.9. The number of rotatable bonds is 6. The van der Waals surface area contributed by atoms with Gasteiger partial charge in [-0.25, -0.2) is 0 Å². The number of aromatic nitrogens is 2. The van der Waals surface area contributed by atoms with Crippen molar-refractivity contribution < 1.29 is 4.79 Å². The molecule has 3 N–H and O–H groups in total. The second-order valence-corrected chi connectivity index (χ2v) is 5.25. The largest absolute Gasteiger partial charge is 0.368 e. The first-order valence-corrected chi connectivity index (χ1v) is 7.11. The Hall–Kier alpha value is -2.14. The standard InChI is InChI=1S/C16H22N4O/c1-4-18-16(15(17)21,14-8-6-5-7-9-14)11-20-13(3)10-12(2)19-20/h5-10,18H,4,11H2,1-3H3,(H2,17,21). The molecule has 1 aromatic heterocycles. The molecule has 0 aliphatic rings. The number of likely N-dealkylation sites (N-methyl/N-ethyl adjacent to an activating group) is 1. The smallest absolute Gasteiger partial charge is 0.244 e. The molecular weight excluding hydrogens is 264 g/mol. The summed E-state index contributed by atoms with van der Waals surface area (Å²) in [6.45, 7) is 6.88. The van der Waals surface area contributed by atoms with Crippen LogP contribution in [0.4, 0.5) is 0 Å². The van der Waals surface area contributed by atoms with Crippen LogP contribution in [0.5, 0.6) is 0 Å². The van der Waals surface area contributed by atoms with Gasteiger partial charge in [0.15, 0.2) is 0 Å². The van der Waals surface area contributed by atoms with Crippen molar-refractivity contribution in [3.63, 3.8) is 0 Å². The molecule has 5 heteroatoms. The van der Waals surface area contributed by atoms with Gasteiger partial charge in [0.25, 0.3) is 0 Å². The fourth-order valence-electron chi connectivity index (χ4n) is 2.64. The molecule has 1 heterocycles. The van der Waals surface area contributed by atoms with E-state index in [1.807, 2.05) is 61.9 Å². The van der Waals surface area contributed by atoms with Crippen molar-refractivity contribution in [1.82, 2.24) is 15.1 Å². The highest BCUT2D eigenvalue weighted by Gasteiger charge is 2.38. The molecular formula is C16H22N4O. The number of nitrogens with one attached hydrogen (secondary N) is 1. The highest BCUT2D eigenvalue weighted by Crippen LogP contribution is 2.24. The van der Waals surface area contributed by atoms with Gasteiger partial charge in [-0.1, -0.05) is 37.3 Å². The van der Waals surface area contributed by atoms with Crippen LogP contribution in [0.3, 0.4) is 0 Å². The van der Waals surface area contributed by atoms with E-state index >= 15 is 0 Å². The quantitative estimate of drug-likeness (QED) is 0.845. The SMILES string of the molecule is CCNC(Cn1nc(C)cc1C)(C(N)=O)c1ccccc1. The van der Waals surface area contributed by atoms with Gasteiger partial charge in [-0.2, -0.15) is 5.10 Å². The van der Waals surface area contributed by atoms with E-state index in [0.717, 1.165) is 17.0 Å². The van der Waals surface area contributed by atoms with E-state index < -0.39 is 11.4 Å². The predicted octanol–water partition coefficient (Wildman–Crippen LogP) is 1.49. The van der Waals surface area contributed by atoms with Gasteiger partial charge in [0, 0.05) is 5.69 Å². The van der Waals surface area contributed by atoms with Gasteiger partial charge in [0.2, 0.25) is 5.91 Å². The van der Waals surface area contributed by atoms with Gasteiger partial charge < -0.3 is 5.73 Å². The van der Waals surface area contributed by atoms with Crippen molar-refractivity contribution in [2.24, 2.45) is 5.73 Å². The number of hydrogen-bond donors (Lipinski definition) is 2. The molecule has 0 aliphatic carbocycles. The molecule has 0 saturated heterocycles. The fourth-order valence-corrected chi connectivity index (χ4v) is 2.64. The maximum Gasteiger partial charge on any atom is 0.244 e. The van der Waals surface area contributed by atoms with Crippen LogP contribution in [-0.2, 0) is 16.9 Å². The van der Waals surface area contributed by atoms with E-state index in [1.165, 1.54) is 0 Å². The van der Waals surface area contributed by atoms with Crippen molar-refractivity contribution in [2.75, 3.05) is 6.54 Å². The lowest BCUT2D eigenvalue weighted by Crippen LogP contribution is -2.55. The molecule has 0 fully saturated rings. The number of hydrogen-bond acceptors (Lipinski definition) is 3. The average Bonchev–Trinajstić information content (AvgIpc) is 2.77. The van der Waals surface area contributed by atoms with E-state index in [2.05, 4.69) is 10.4 Å². The summed E-state index contributed by atoms with van der Waals surface area (Å²) in [5.41, 5.74) is 7.58. The van der Waals surface area contributed by atoms with Gasteiger partial charge in [-0.3, -0.25) is 14.8 Å². The molecule has 2 aromatic rings. The maximum atomic E-state index is 12.3. The zero-order valence-electron chi connectivity index (χ0n) is 12.8.